The molecule has 0 aliphatic carbocycles. The van der Waals surface area contributed by atoms with E-state index in [1.54, 1.807) is 7.05 Å². The number of aldehydes is 1. The van der Waals surface area contributed by atoms with Crippen molar-refractivity contribution in [1.82, 2.24) is 10.2 Å². The highest BCUT2D eigenvalue weighted by Crippen LogP contribution is 2.28. The van der Waals surface area contributed by atoms with Gasteiger partial charge in [0.2, 0.25) is 0 Å². The second kappa shape index (κ2) is 6.96. The molecule has 1 fully saturated rings. The third-order valence-electron chi connectivity index (χ3n) is 2.63. The molecule has 3 nitrogen and oxygen atoms in total. The molecule has 84 valence electrons. The van der Waals surface area contributed by atoms with Crippen LogP contribution in [-0.2, 0) is 4.79 Å². The van der Waals surface area contributed by atoms with Gasteiger partial charge in [-0.2, -0.15) is 0 Å². The van der Waals surface area contributed by atoms with E-state index in [1.807, 2.05) is 0 Å². The van der Waals surface area contributed by atoms with Crippen LogP contribution in [0.3, 0.4) is 0 Å². The maximum Gasteiger partial charge on any atom is 0.133 e. The highest BCUT2D eigenvalue weighted by Gasteiger charge is 2.22. The summed E-state index contributed by atoms with van der Waals surface area (Å²) in [5.41, 5.74) is 0.618. The molecule has 14 heavy (non-hydrogen) atoms. The number of rotatable bonds is 2. The zero-order chi connectivity index (χ0) is 11.0. The van der Waals surface area contributed by atoms with Gasteiger partial charge in [0.15, 0.2) is 0 Å². The minimum Gasteiger partial charge on any atom is -0.313 e. The molecule has 0 saturated carbocycles. The van der Waals surface area contributed by atoms with Crippen molar-refractivity contribution in [3.63, 3.8) is 0 Å². The molecule has 1 heterocycles. The van der Waals surface area contributed by atoms with E-state index >= 15 is 0 Å². The van der Waals surface area contributed by atoms with Crippen molar-refractivity contribution in [2.45, 2.75) is 26.7 Å². The number of nitrogens with one attached hydrogen (secondary N) is 1. The lowest BCUT2D eigenvalue weighted by Crippen LogP contribution is -2.34. The fraction of sp³-hybridized carbons (Fsp3) is 0.909. The Hall–Kier alpha value is -0.410. The van der Waals surface area contributed by atoms with Crippen molar-refractivity contribution < 1.29 is 4.79 Å². The summed E-state index contributed by atoms with van der Waals surface area (Å²) in [5, 5.41) is 2.65. The van der Waals surface area contributed by atoms with Gasteiger partial charge < -0.3 is 15.0 Å². The third-order valence-corrected chi connectivity index (χ3v) is 2.63. The van der Waals surface area contributed by atoms with Crippen LogP contribution in [0.1, 0.15) is 26.7 Å². The first-order valence-electron chi connectivity index (χ1n) is 5.28. The number of hydrogen-bond donors (Lipinski definition) is 1. The monoisotopic (exact) mass is 200 g/mol. The van der Waals surface area contributed by atoms with Crippen molar-refractivity contribution >= 4 is 6.29 Å². The highest BCUT2D eigenvalue weighted by molar-refractivity contribution is 5.51. The van der Waals surface area contributed by atoms with Gasteiger partial charge in [0, 0.05) is 0 Å². The molecule has 3 heteroatoms. The molecular formula is C11H24N2O. The van der Waals surface area contributed by atoms with Crippen molar-refractivity contribution in [2.24, 2.45) is 5.41 Å². The van der Waals surface area contributed by atoms with Gasteiger partial charge in [0.25, 0.3) is 0 Å². The first-order valence-corrected chi connectivity index (χ1v) is 5.28. The molecule has 1 N–H and O–H groups in total. The summed E-state index contributed by atoms with van der Waals surface area (Å²) >= 11 is 0. The molecule has 0 aromatic heterocycles. The molecule has 1 aliphatic heterocycles. The molecule has 0 bridgehead atoms. The molecule has 0 unspecified atom stereocenters. The van der Waals surface area contributed by atoms with Crippen LogP contribution in [0.15, 0.2) is 0 Å². The van der Waals surface area contributed by atoms with Crippen LogP contribution in [0.5, 0.6) is 0 Å². The first kappa shape index (κ1) is 13.6. The van der Waals surface area contributed by atoms with E-state index in [0.717, 1.165) is 6.29 Å². The van der Waals surface area contributed by atoms with E-state index in [9.17, 15) is 4.79 Å². The number of likely N-dealkylation sites (tertiary alicyclic amines) is 1. The summed E-state index contributed by atoms with van der Waals surface area (Å²) < 4.78 is 0. The minimum atomic E-state index is 0.458. The quantitative estimate of drug-likeness (QED) is 0.679. The van der Waals surface area contributed by atoms with Crippen LogP contribution in [0, 0.1) is 5.41 Å². The van der Waals surface area contributed by atoms with E-state index in [0.29, 0.717) is 12.0 Å². The molecule has 1 rings (SSSR count). The van der Waals surface area contributed by atoms with Crippen molar-refractivity contribution in [3.8, 4) is 0 Å². The van der Waals surface area contributed by atoms with Gasteiger partial charge in [-0.15, -0.1) is 0 Å². The Labute approximate surface area is 87.9 Å². The predicted molar refractivity (Wildman–Crippen MR) is 60.5 cm³/mol. The Balaban J connectivity index is 0.000000292. The molecule has 0 amide bonds. The van der Waals surface area contributed by atoms with Gasteiger partial charge in [0.05, 0.1) is 6.54 Å². The van der Waals surface area contributed by atoms with Gasteiger partial charge >= 0.3 is 0 Å². The van der Waals surface area contributed by atoms with Crippen molar-refractivity contribution in [2.75, 3.05) is 33.7 Å². The van der Waals surface area contributed by atoms with Gasteiger partial charge in [-0.25, -0.2) is 0 Å². The SMILES string of the molecule is CN1CCC(C)(C)CC1.CNCC=O. The molecule has 0 atom stereocenters. The Morgan fingerprint density at radius 3 is 2.07 bits per heavy atom. The Morgan fingerprint density at radius 2 is 1.86 bits per heavy atom. The summed E-state index contributed by atoms with van der Waals surface area (Å²) in [6, 6.07) is 0. The number of hydrogen-bond acceptors (Lipinski definition) is 3. The number of carbonyl (C=O) groups is 1. The fourth-order valence-electron chi connectivity index (χ4n) is 1.31. The lowest BCUT2D eigenvalue weighted by Gasteiger charge is -2.34. The van der Waals surface area contributed by atoms with Crippen LogP contribution in [0.4, 0.5) is 0 Å². The normalized spacial score (nSPS) is 20.9. The summed E-state index contributed by atoms with van der Waals surface area (Å²) in [7, 11) is 3.93. The Bertz CT molecular complexity index is 147. The standard InChI is InChI=1S/C8H17N.C3H7NO/c1-8(2)4-6-9(3)7-5-8;1-4-2-3-5/h4-7H2,1-3H3;3-4H,2H2,1H3. The van der Waals surface area contributed by atoms with Crippen molar-refractivity contribution in [1.29, 1.82) is 0 Å². The maximum absolute atomic E-state index is 9.34. The van der Waals surface area contributed by atoms with Crippen molar-refractivity contribution in [3.05, 3.63) is 0 Å². The Morgan fingerprint density at radius 1 is 1.36 bits per heavy atom. The highest BCUT2D eigenvalue weighted by atomic mass is 16.1. The summed E-state index contributed by atoms with van der Waals surface area (Å²) in [4.78, 5) is 11.8. The smallest absolute Gasteiger partial charge is 0.133 e. The van der Waals surface area contributed by atoms with Crippen LogP contribution >= 0.6 is 0 Å². The second-order valence-corrected chi connectivity index (χ2v) is 4.69. The molecule has 0 radical (unpaired) electrons. The zero-order valence-corrected chi connectivity index (χ0v) is 9.97. The summed E-state index contributed by atoms with van der Waals surface area (Å²) in [5.74, 6) is 0. The van der Waals surface area contributed by atoms with Crippen LogP contribution in [0.25, 0.3) is 0 Å². The van der Waals surface area contributed by atoms with E-state index in [4.69, 9.17) is 0 Å². The van der Waals surface area contributed by atoms with Gasteiger partial charge in [-0.3, -0.25) is 0 Å². The minimum absolute atomic E-state index is 0.458. The first-order chi connectivity index (χ1) is 6.52. The van der Waals surface area contributed by atoms with Gasteiger partial charge in [-0.05, 0) is 45.4 Å². The summed E-state index contributed by atoms with van der Waals surface area (Å²) in [6.07, 6.45) is 3.55. The topological polar surface area (TPSA) is 32.3 Å². The lowest BCUT2D eigenvalue weighted by molar-refractivity contribution is -0.107. The Kier molecular flexibility index (Phi) is 6.75. The zero-order valence-electron chi connectivity index (χ0n) is 9.97. The molecule has 1 saturated heterocycles. The average Bonchev–Trinajstić information content (AvgIpc) is 2.13. The van der Waals surface area contributed by atoms with Crippen LogP contribution in [-0.4, -0.2) is 44.9 Å². The molecule has 0 aromatic carbocycles. The maximum atomic E-state index is 9.34. The number of carbonyl (C=O) groups excluding carboxylic acids is 1. The fourth-order valence-corrected chi connectivity index (χ4v) is 1.31. The summed E-state index contributed by atoms with van der Waals surface area (Å²) in [6.45, 7) is 7.75. The number of piperidine rings is 1. The molecule has 1 aliphatic rings. The lowest BCUT2D eigenvalue weighted by atomic mass is 9.83. The largest absolute Gasteiger partial charge is 0.313 e. The van der Waals surface area contributed by atoms with Crippen LogP contribution < -0.4 is 5.32 Å². The number of nitrogens with zero attached hydrogens (tertiary/aromatic N) is 1. The molecule has 0 aromatic rings. The van der Waals surface area contributed by atoms with E-state index in [-0.39, 0.29) is 0 Å². The predicted octanol–water partition coefficient (Wildman–Crippen LogP) is 1.14. The van der Waals surface area contributed by atoms with Gasteiger partial charge in [0.1, 0.15) is 6.29 Å². The average molecular weight is 200 g/mol. The molecular weight excluding hydrogens is 176 g/mol. The number of likely N-dealkylation sites (N-methyl/N-ethyl adjacent to an activating group) is 1. The van der Waals surface area contributed by atoms with Gasteiger partial charge in [-0.1, -0.05) is 13.8 Å². The molecule has 0 spiro atoms. The van der Waals surface area contributed by atoms with E-state index < -0.39 is 0 Å². The second-order valence-electron chi connectivity index (χ2n) is 4.69. The van der Waals surface area contributed by atoms with Crippen LogP contribution in [0.2, 0.25) is 0 Å². The van der Waals surface area contributed by atoms with E-state index in [1.165, 1.54) is 25.9 Å². The third kappa shape index (κ3) is 7.04. The van der Waals surface area contributed by atoms with E-state index in [2.05, 4.69) is 31.1 Å².